The molecular weight excluding hydrogens is 573 g/mol. The first-order valence-electron chi connectivity index (χ1n) is 14.0. The number of ether oxygens (including phenoxy) is 2. The number of rotatable bonds is 22. The van der Waals surface area contributed by atoms with E-state index in [2.05, 4.69) is 65.5 Å². The quantitative estimate of drug-likeness (QED) is 0.0916. The topological polar surface area (TPSA) is 113 Å². The van der Waals surface area contributed by atoms with Crippen LogP contribution in [0.3, 0.4) is 0 Å². The Hall–Kier alpha value is 0.274. The Labute approximate surface area is 237 Å². The van der Waals surface area contributed by atoms with Crippen LogP contribution in [0.4, 0.5) is 0 Å². The summed E-state index contributed by atoms with van der Waals surface area (Å²) >= 11 is 0. The molecule has 0 aliphatic carbocycles. The van der Waals surface area contributed by atoms with E-state index in [4.69, 9.17) is 31.0 Å². The van der Waals surface area contributed by atoms with Crippen molar-refractivity contribution in [3.05, 3.63) is 0 Å². The van der Waals surface area contributed by atoms with E-state index < -0.39 is 48.4 Å². The van der Waals surface area contributed by atoms with Crippen molar-refractivity contribution in [2.75, 3.05) is 26.4 Å². The van der Waals surface area contributed by atoms with E-state index in [0.29, 0.717) is 13.2 Å². The molecule has 38 heavy (non-hydrogen) atoms. The minimum absolute atomic E-state index is 0.109. The molecule has 0 aromatic heterocycles. The number of aliphatic hydroxyl groups excluding tert-OH is 2. The SMILES string of the molecule is CC(=O)OCCCCCC[Si](C)(O[Si](C)(C)C)O[Si](C)(CCCOCC(O)CO)O[Si](C)(C)O[Si](C)(C)C. The monoisotopic (exact) mass is 630 g/mol. The molecule has 0 heterocycles. The van der Waals surface area contributed by atoms with Gasteiger partial charge in [-0.2, -0.15) is 0 Å². The molecule has 0 spiro atoms. The number of esters is 1. The second kappa shape index (κ2) is 17.3. The van der Waals surface area contributed by atoms with Gasteiger partial charge in [0, 0.05) is 13.5 Å². The summed E-state index contributed by atoms with van der Waals surface area (Å²) in [6, 6.07) is 1.61. The summed E-state index contributed by atoms with van der Waals surface area (Å²) in [4.78, 5) is 11.0. The highest BCUT2D eigenvalue weighted by molar-refractivity contribution is 6.90. The summed E-state index contributed by atoms with van der Waals surface area (Å²) in [5, 5.41) is 18.6. The number of carbonyl (C=O) groups is 1. The van der Waals surface area contributed by atoms with Crippen molar-refractivity contribution in [3.63, 3.8) is 0 Å². The molecule has 0 aromatic carbocycles. The maximum atomic E-state index is 11.0. The summed E-state index contributed by atoms with van der Waals surface area (Å²) in [5.74, 6) is -0.231. The van der Waals surface area contributed by atoms with Gasteiger partial charge >= 0.3 is 31.7 Å². The molecular formula is C24H58O9Si5. The summed E-state index contributed by atoms with van der Waals surface area (Å²) in [7, 11) is -11.5. The van der Waals surface area contributed by atoms with Crippen LogP contribution in [0.25, 0.3) is 0 Å². The van der Waals surface area contributed by atoms with E-state index in [1.54, 1.807) is 0 Å². The highest BCUT2D eigenvalue weighted by Gasteiger charge is 2.48. The lowest BCUT2D eigenvalue weighted by Gasteiger charge is -2.44. The fourth-order valence-corrected chi connectivity index (χ4v) is 28.3. The van der Waals surface area contributed by atoms with Gasteiger partial charge in [0.15, 0.2) is 16.6 Å². The molecule has 0 bridgehead atoms. The van der Waals surface area contributed by atoms with Gasteiger partial charge in [-0.3, -0.25) is 4.79 Å². The van der Waals surface area contributed by atoms with Crippen LogP contribution < -0.4 is 0 Å². The third-order valence-corrected chi connectivity index (χ3v) is 23.5. The molecule has 0 aliphatic heterocycles. The molecule has 2 N–H and O–H groups in total. The summed E-state index contributed by atoms with van der Waals surface area (Å²) < 4.78 is 37.9. The van der Waals surface area contributed by atoms with Gasteiger partial charge in [-0.15, -0.1) is 0 Å². The Bertz CT molecular complexity index is 673. The third-order valence-electron chi connectivity index (χ3n) is 5.24. The van der Waals surface area contributed by atoms with Crippen LogP contribution in [-0.2, 0) is 30.7 Å². The number of carbonyl (C=O) groups excluding carboxylic acids is 1. The molecule has 0 amide bonds. The van der Waals surface area contributed by atoms with Crippen molar-refractivity contribution in [3.8, 4) is 0 Å². The van der Waals surface area contributed by atoms with Crippen molar-refractivity contribution in [1.82, 2.24) is 0 Å². The zero-order chi connectivity index (χ0) is 29.7. The van der Waals surface area contributed by atoms with E-state index in [1.165, 1.54) is 6.92 Å². The molecule has 0 fully saturated rings. The summed E-state index contributed by atoms with van der Waals surface area (Å²) in [5.41, 5.74) is 0. The fourth-order valence-electron chi connectivity index (χ4n) is 4.51. The van der Waals surface area contributed by atoms with E-state index >= 15 is 0 Å². The minimum atomic E-state index is -2.73. The number of aliphatic hydroxyl groups is 2. The summed E-state index contributed by atoms with van der Waals surface area (Å²) in [6.07, 6.45) is 3.75. The Kier molecular flexibility index (Phi) is 17.4. The van der Waals surface area contributed by atoms with Crippen molar-refractivity contribution >= 4 is 48.3 Å². The Morgan fingerprint density at radius 2 is 1.21 bits per heavy atom. The number of hydrogen-bond acceptors (Lipinski definition) is 9. The average molecular weight is 631 g/mol. The molecule has 228 valence electrons. The molecule has 3 atom stereocenters. The van der Waals surface area contributed by atoms with Crippen molar-refractivity contribution in [2.45, 2.75) is 123 Å². The van der Waals surface area contributed by atoms with Crippen LogP contribution in [0.15, 0.2) is 0 Å². The smallest absolute Gasteiger partial charge is 0.317 e. The first kappa shape index (κ1) is 38.3. The lowest BCUT2D eigenvalue weighted by molar-refractivity contribution is -0.141. The molecule has 14 heteroatoms. The van der Waals surface area contributed by atoms with E-state index in [0.717, 1.165) is 44.2 Å². The highest BCUT2D eigenvalue weighted by Crippen LogP contribution is 2.32. The van der Waals surface area contributed by atoms with E-state index in [1.807, 2.05) is 0 Å². The van der Waals surface area contributed by atoms with Gasteiger partial charge in [0.1, 0.15) is 6.10 Å². The van der Waals surface area contributed by atoms with Gasteiger partial charge in [-0.25, -0.2) is 0 Å². The van der Waals surface area contributed by atoms with Gasteiger partial charge in [0.25, 0.3) is 0 Å². The zero-order valence-electron chi connectivity index (χ0n) is 26.1. The second-order valence-electron chi connectivity index (χ2n) is 12.8. The van der Waals surface area contributed by atoms with E-state index in [-0.39, 0.29) is 19.2 Å². The highest BCUT2D eigenvalue weighted by atomic mass is 28.5. The van der Waals surface area contributed by atoms with Gasteiger partial charge in [0.2, 0.25) is 0 Å². The fraction of sp³-hybridized carbons (Fsp3) is 0.958. The van der Waals surface area contributed by atoms with Crippen LogP contribution in [0, 0.1) is 0 Å². The molecule has 0 saturated carbocycles. The predicted octanol–water partition coefficient (Wildman–Crippen LogP) is 5.45. The van der Waals surface area contributed by atoms with E-state index in [9.17, 15) is 9.90 Å². The number of hydrogen-bond donors (Lipinski definition) is 2. The lowest BCUT2D eigenvalue weighted by atomic mass is 10.2. The molecule has 9 nitrogen and oxygen atoms in total. The average Bonchev–Trinajstić information content (AvgIpc) is 2.68. The first-order chi connectivity index (χ1) is 17.2. The standard InChI is InChI=1S/C24H58O9Si5/c1-23(26)29-18-14-12-13-15-19-37(10,31-35(5,6)7)33-38(11,20-16-17-28-22-24(27)21-25)32-36(8,9)30-34(2,3)4/h24-25,27H,12-22H2,1-11H3. The van der Waals surface area contributed by atoms with Crippen LogP contribution in [-0.4, -0.2) is 91.0 Å². The molecule has 0 saturated heterocycles. The normalized spacial score (nSPS) is 17.1. The minimum Gasteiger partial charge on any atom is -0.466 e. The second-order valence-corrected chi connectivity index (χ2v) is 32.9. The largest absolute Gasteiger partial charge is 0.466 e. The van der Waals surface area contributed by atoms with Crippen LogP contribution in [0.1, 0.15) is 39.0 Å². The van der Waals surface area contributed by atoms with Crippen LogP contribution in [0.5, 0.6) is 0 Å². The zero-order valence-corrected chi connectivity index (χ0v) is 31.1. The Balaban J connectivity index is 5.52. The maximum absolute atomic E-state index is 11.0. The molecule has 0 radical (unpaired) electrons. The number of unbranched alkanes of at least 4 members (excludes halogenated alkanes) is 3. The Morgan fingerprint density at radius 3 is 1.74 bits per heavy atom. The van der Waals surface area contributed by atoms with Gasteiger partial charge in [0.05, 0.1) is 19.8 Å². The van der Waals surface area contributed by atoms with Gasteiger partial charge < -0.3 is 36.1 Å². The Morgan fingerprint density at radius 1 is 0.684 bits per heavy atom. The lowest BCUT2D eigenvalue weighted by Crippen LogP contribution is -2.60. The first-order valence-corrected chi connectivity index (χ1v) is 28.7. The van der Waals surface area contributed by atoms with Crippen molar-refractivity contribution < 1.29 is 40.9 Å². The van der Waals surface area contributed by atoms with Crippen LogP contribution >= 0.6 is 0 Å². The third kappa shape index (κ3) is 21.1. The molecule has 3 unspecified atom stereocenters. The maximum Gasteiger partial charge on any atom is 0.317 e. The molecule has 0 rings (SSSR count). The van der Waals surface area contributed by atoms with Crippen molar-refractivity contribution in [1.29, 1.82) is 0 Å². The summed E-state index contributed by atoms with van der Waals surface area (Å²) in [6.45, 7) is 23.8. The molecule has 0 aromatic rings. The van der Waals surface area contributed by atoms with Gasteiger partial charge in [-0.1, -0.05) is 19.3 Å². The predicted molar refractivity (Wildman–Crippen MR) is 165 cm³/mol. The van der Waals surface area contributed by atoms with Gasteiger partial charge in [-0.05, 0) is 90.4 Å². The van der Waals surface area contributed by atoms with Crippen molar-refractivity contribution in [2.24, 2.45) is 0 Å². The van der Waals surface area contributed by atoms with Crippen LogP contribution in [0.2, 0.25) is 77.6 Å². The molecule has 0 aliphatic rings.